The molecule has 0 bridgehead atoms. The lowest BCUT2D eigenvalue weighted by atomic mass is 10.1. The summed E-state index contributed by atoms with van der Waals surface area (Å²) >= 11 is 0. The van der Waals surface area contributed by atoms with Gasteiger partial charge in [-0.25, -0.2) is 16.8 Å². The second kappa shape index (κ2) is 6.57. The molecule has 0 radical (unpaired) electrons. The molecule has 5 nitrogen and oxygen atoms in total. The van der Waals surface area contributed by atoms with E-state index in [-0.39, 0.29) is 9.79 Å². The van der Waals surface area contributed by atoms with Crippen LogP contribution < -0.4 is 5.32 Å². The summed E-state index contributed by atoms with van der Waals surface area (Å²) in [6.07, 6.45) is 2.98. The number of nitrogens with one attached hydrogen (secondary N) is 1. The van der Waals surface area contributed by atoms with Gasteiger partial charge >= 0.3 is 0 Å². The molecule has 0 aliphatic rings. The van der Waals surface area contributed by atoms with E-state index in [4.69, 9.17) is 0 Å². The molecule has 0 saturated heterocycles. The summed E-state index contributed by atoms with van der Waals surface area (Å²) in [5, 5.41) is 3.09. The van der Waals surface area contributed by atoms with Crippen LogP contribution in [0.1, 0.15) is 18.1 Å². The standard InChI is InChI=1S/C17H21NO4S2/c1-5-13-10-14(7-6-12(13)2)18-16-9-8-15(23(3,19)20)11-17(16)24(4,21)22/h6-11,18H,5H2,1-4H3. The molecule has 0 unspecified atom stereocenters. The van der Waals surface area contributed by atoms with E-state index in [0.717, 1.165) is 30.2 Å². The number of hydrogen-bond acceptors (Lipinski definition) is 5. The highest BCUT2D eigenvalue weighted by atomic mass is 32.2. The molecule has 0 aliphatic carbocycles. The Morgan fingerprint density at radius 2 is 1.58 bits per heavy atom. The van der Waals surface area contributed by atoms with Crippen LogP contribution in [0, 0.1) is 6.92 Å². The van der Waals surface area contributed by atoms with Gasteiger partial charge in [-0.15, -0.1) is 0 Å². The van der Waals surface area contributed by atoms with Crippen molar-refractivity contribution in [1.82, 2.24) is 0 Å². The van der Waals surface area contributed by atoms with Crippen molar-refractivity contribution in [3.8, 4) is 0 Å². The fourth-order valence-corrected chi connectivity index (χ4v) is 4.01. The first-order valence-corrected chi connectivity index (χ1v) is 11.2. The summed E-state index contributed by atoms with van der Waals surface area (Å²) in [7, 11) is -7.07. The Bertz CT molecular complexity index is 978. The molecule has 0 atom stereocenters. The molecule has 7 heteroatoms. The molecule has 0 amide bonds. The molecule has 1 N–H and O–H groups in total. The minimum absolute atomic E-state index is 0.0216. The molecular formula is C17H21NO4S2. The Labute approximate surface area is 143 Å². The molecule has 130 valence electrons. The summed E-state index contributed by atoms with van der Waals surface area (Å²) in [6.45, 7) is 4.07. The van der Waals surface area contributed by atoms with Crippen LogP contribution in [0.2, 0.25) is 0 Å². The largest absolute Gasteiger partial charge is 0.354 e. The minimum atomic E-state index is -3.59. The van der Waals surface area contributed by atoms with Crippen molar-refractivity contribution in [1.29, 1.82) is 0 Å². The molecule has 0 aromatic heterocycles. The van der Waals surface area contributed by atoms with Crippen LogP contribution >= 0.6 is 0 Å². The Hall–Kier alpha value is -1.86. The highest BCUT2D eigenvalue weighted by Gasteiger charge is 2.18. The quantitative estimate of drug-likeness (QED) is 0.878. The fraction of sp³-hybridized carbons (Fsp3) is 0.294. The van der Waals surface area contributed by atoms with Crippen LogP contribution in [0.5, 0.6) is 0 Å². The van der Waals surface area contributed by atoms with Crippen LogP contribution in [0.25, 0.3) is 0 Å². The van der Waals surface area contributed by atoms with Crippen LogP contribution in [0.3, 0.4) is 0 Å². The number of hydrogen-bond donors (Lipinski definition) is 1. The van der Waals surface area contributed by atoms with E-state index in [9.17, 15) is 16.8 Å². The van der Waals surface area contributed by atoms with E-state index < -0.39 is 19.7 Å². The second-order valence-corrected chi connectivity index (χ2v) is 9.82. The van der Waals surface area contributed by atoms with Crippen LogP contribution in [0.4, 0.5) is 11.4 Å². The maximum Gasteiger partial charge on any atom is 0.177 e. The zero-order chi connectivity index (χ0) is 18.1. The molecule has 0 fully saturated rings. The summed E-state index contributed by atoms with van der Waals surface area (Å²) in [4.78, 5) is -0.0596. The number of anilines is 2. The van der Waals surface area contributed by atoms with Crippen molar-refractivity contribution in [2.75, 3.05) is 17.8 Å². The summed E-state index contributed by atoms with van der Waals surface area (Å²) in [5.74, 6) is 0. The first kappa shape index (κ1) is 18.5. The van der Waals surface area contributed by atoms with E-state index in [2.05, 4.69) is 12.2 Å². The highest BCUT2D eigenvalue weighted by molar-refractivity contribution is 7.91. The molecule has 0 heterocycles. The molecule has 24 heavy (non-hydrogen) atoms. The van der Waals surface area contributed by atoms with Gasteiger partial charge in [0.1, 0.15) is 0 Å². The van der Waals surface area contributed by atoms with Crippen molar-refractivity contribution < 1.29 is 16.8 Å². The van der Waals surface area contributed by atoms with E-state index in [1.54, 1.807) is 0 Å². The lowest BCUT2D eigenvalue weighted by Crippen LogP contribution is -2.06. The third-order valence-corrected chi connectivity index (χ3v) is 6.04. The third kappa shape index (κ3) is 4.15. The van der Waals surface area contributed by atoms with Crippen molar-refractivity contribution in [2.24, 2.45) is 0 Å². The molecular weight excluding hydrogens is 346 g/mol. The van der Waals surface area contributed by atoms with Crippen molar-refractivity contribution in [3.05, 3.63) is 47.5 Å². The maximum absolute atomic E-state index is 12.1. The Morgan fingerprint density at radius 3 is 2.12 bits per heavy atom. The molecule has 2 aromatic rings. The lowest BCUT2D eigenvalue weighted by Gasteiger charge is -2.14. The highest BCUT2D eigenvalue weighted by Crippen LogP contribution is 2.28. The Morgan fingerprint density at radius 1 is 0.917 bits per heavy atom. The van der Waals surface area contributed by atoms with Gasteiger partial charge in [0.15, 0.2) is 19.7 Å². The molecule has 2 rings (SSSR count). The topological polar surface area (TPSA) is 80.3 Å². The summed E-state index contributed by atoms with van der Waals surface area (Å²) in [5.41, 5.74) is 3.44. The number of benzene rings is 2. The second-order valence-electron chi connectivity index (χ2n) is 5.82. The van der Waals surface area contributed by atoms with Gasteiger partial charge in [-0.3, -0.25) is 0 Å². The van der Waals surface area contributed by atoms with E-state index in [1.807, 2.05) is 25.1 Å². The zero-order valence-corrected chi connectivity index (χ0v) is 15.8. The number of aryl methyl sites for hydroxylation is 2. The van der Waals surface area contributed by atoms with Gasteiger partial charge in [-0.2, -0.15) is 0 Å². The van der Waals surface area contributed by atoms with Gasteiger partial charge < -0.3 is 5.32 Å². The molecule has 0 aliphatic heterocycles. The average molecular weight is 367 g/mol. The summed E-state index contributed by atoms with van der Waals surface area (Å²) in [6, 6.07) is 9.88. The predicted octanol–water partition coefficient (Wildman–Crippen LogP) is 3.11. The molecule has 0 spiro atoms. The van der Waals surface area contributed by atoms with E-state index in [0.29, 0.717) is 5.69 Å². The van der Waals surface area contributed by atoms with Crippen molar-refractivity contribution in [2.45, 2.75) is 30.1 Å². The van der Waals surface area contributed by atoms with Crippen molar-refractivity contribution >= 4 is 31.0 Å². The van der Waals surface area contributed by atoms with Gasteiger partial charge in [0.2, 0.25) is 0 Å². The Balaban J connectivity index is 2.55. The van der Waals surface area contributed by atoms with Crippen molar-refractivity contribution in [3.63, 3.8) is 0 Å². The van der Waals surface area contributed by atoms with Crippen LogP contribution in [-0.4, -0.2) is 29.3 Å². The van der Waals surface area contributed by atoms with Crippen LogP contribution in [0.15, 0.2) is 46.2 Å². The maximum atomic E-state index is 12.1. The zero-order valence-electron chi connectivity index (χ0n) is 14.1. The van der Waals surface area contributed by atoms with Crippen LogP contribution in [-0.2, 0) is 26.1 Å². The molecule has 2 aromatic carbocycles. The third-order valence-electron chi connectivity index (χ3n) is 3.79. The predicted molar refractivity (Wildman–Crippen MR) is 96.5 cm³/mol. The normalized spacial score (nSPS) is 12.2. The van der Waals surface area contributed by atoms with Gasteiger partial charge in [0.05, 0.1) is 15.5 Å². The molecule has 0 saturated carbocycles. The van der Waals surface area contributed by atoms with Gasteiger partial charge in [-0.05, 0) is 54.8 Å². The average Bonchev–Trinajstić information content (AvgIpc) is 2.47. The SMILES string of the molecule is CCc1cc(Nc2ccc(S(C)(=O)=O)cc2S(C)(=O)=O)ccc1C. The monoisotopic (exact) mass is 367 g/mol. The van der Waals surface area contributed by atoms with E-state index >= 15 is 0 Å². The fourth-order valence-electron chi connectivity index (χ4n) is 2.43. The number of sulfone groups is 2. The lowest BCUT2D eigenvalue weighted by molar-refractivity contribution is 0.600. The van der Waals surface area contributed by atoms with Gasteiger partial charge in [0, 0.05) is 18.2 Å². The minimum Gasteiger partial charge on any atom is -0.354 e. The summed E-state index contributed by atoms with van der Waals surface area (Å²) < 4.78 is 47.5. The smallest absolute Gasteiger partial charge is 0.177 e. The Kier molecular flexibility index (Phi) is 5.05. The van der Waals surface area contributed by atoms with Gasteiger partial charge in [0.25, 0.3) is 0 Å². The first-order chi connectivity index (χ1) is 11.0. The van der Waals surface area contributed by atoms with E-state index in [1.165, 1.54) is 23.8 Å². The van der Waals surface area contributed by atoms with Gasteiger partial charge in [-0.1, -0.05) is 13.0 Å². The number of rotatable bonds is 5. The first-order valence-electron chi connectivity index (χ1n) is 7.43.